The highest BCUT2D eigenvalue weighted by molar-refractivity contribution is 7.89. The third kappa shape index (κ3) is 3.58. The van der Waals surface area contributed by atoms with Gasteiger partial charge in [-0.3, -0.25) is 0 Å². The molecule has 0 spiro atoms. The molecule has 10 nitrogen and oxygen atoms in total. The fourth-order valence-electron chi connectivity index (χ4n) is 3.29. The van der Waals surface area contributed by atoms with Crippen LogP contribution in [0, 0.1) is 13.8 Å². The Kier molecular flexibility index (Phi) is 5.01. The van der Waals surface area contributed by atoms with E-state index in [1.54, 1.807) is 21.0 Å². The largest absolute Gasteiger partial charge is 0.497 e. The monoisotopic (exact) mass is 419 g/mol. The van der Waals surface area contributed by atoms with Crippen molar-refractivity contribution in [3.05, 3.63) is 35.7 Å². The normalized spacial score (nSPS) is 15.6. The number of anilines is 1. The molecule has 0 aliphatic carbocycles. The number of nitrogens with zero attached hydrogens (tertiary/aromatic N) is 5. The lowest BCUT2D eigenvalue weighted by Gasteiger charge is -2.32. The van der Waals surface area contributed by atoms with Crippen LogP contribution < -0.4 is 9.64 Å². The van der Waals surface area contributed by atoms with Crippen molar-refractivity contribution in [3.8, 4) is 17.2 Å². The molecule has 3 heterocycles. The van der Waals surface area contributed by atoms with E-state index in [1.165, 1.54) is 4.31 Å². The molecular weight excluding hydrogens is 398 g/mol. The maximum atomic E-state index is 12.9. The van der Waals surface area contributed by atoms with E-state index in [2.05, 4.69) is 15.4 Å². The van der Waals surface area contributed by atoms with Crippen molar-refractivity contribution in [2.75, 3.05) is 38.2 Å². The van der Waals surface area contributed by atoms with E-state index in [4.69, 9.17) is 13.7 Å². The lowest BCUT2D eigenvalue weighted by Crippen LogP contribution is -2.49. The summed E-state index contributed by atoms with van der Waals surface area (Å²) in [6.45, 7) is 4.69. The number of ether oxygens (including phenoxy) is 1. The Morgan fingerprint density at radius 3 is 2.31 bits per heavy atom. The van der Waals surface area contributed by atoms with Gasteiger partial charge in [0.15, 0.2) is 5.76 Å². The SMILES string of the molecule is COc1ccc(-c2nnc(N3CCN(S(=O)(=O)c4c(C)noc4C)CC3)o2)cc1. The molecule has 4 rings (SSSR count). The second-order valence-corrected chi connectivity index (χ2v) is 8.54. The van der Waals surface area contributed by atoms with E-state index in [0.29, 0.717) is 49.5 Å². The highest BCUT2D eigenvalue weighted by Crippen LogP contribution is 2.27. The molecule has 0 atom stereocenters. The first-order valence-corrected chi connectivity index (χ1v) is 10.5. The van der Waals surface area contributed by atoms with Crippen LogP contribution in [0.1, 0.15) is 11.5 Å². The number of methoxy groups -OCH3 is 1. The van der Waals surface area contributed by atoms with Crippen LogP contribution in [-0.2, 0) is 10.0 Å². The summed E-state index contributed by atoms with van der Waals surface area (Å²) in [6.07, 6.45) is 0. The summed E-state index contributed by atoms with van der Waals surface area (Å²) < 4.78 is 43.2. The molecule has 1 aliphatic heterocycles. The summed E-state index contributed by atoms with van der Waals surface area (Å²) in [5.41, 5.74) is 1.15. The molecule has 1 fully saturated rings. The molecule has 11 heteroatoms. The van der Waals surface area contributed by atoms with E-state index >= 15 is 0 Å². The summed E-state index contributed by atoms with van der Waals surface area (Å²) >= 11 is 0. The summed E-state index contributed by atoms with van der Waals surface area (Å²) in [6, 6.07) is 7.68. The second-order valence-electron chi connectivity index (χ2n) is 6.66. The highest BCUT2D eigenvalue weighted by atomic mass is 32.2. The van der Waals surface area contributed by atoms with Gasteiger partial charge in [-0.25, -0.2) is 8.42 Å². The Morgan fingerprint density at radius 2 is 1.72 bits per heavy atom. The van der Waals surface area contributed by atoms with Crippen molar-refractivity contribution in [1.29, 1.82) is 0 Å². The van der Waals surface area contributed by atoms with E-state index in [0.717, 1.165) is 11.3 Å². The standard InChI is InChI=1S/C18H21N5O5S/c1-12-16(13(2)28-21-12)29(24,25)23-10-8-22(9-11-23)18-20-19-17(27-18)14-4-6-15(26-3)7-5-14/h4-7H,8-11H2,1-3H3. The zero-order chi connectivity index (χ0) is 20.6. The highest BCUT2D eigenvalue weighted by Gasteiger charge is 2.34. The van der Waals surface area contributed by atoms with E-state index in [-0.39, 0.29) is 4.90 Å². The zero-order valence-electron chi connectivity index (χ0n) is 16.3. The Labute approximate surface area is 168 Å². The Morgan fingerprint density at radius 1 is 1.03 bits per heavy atom. The first-order valence-electron chi connectivity index (χ1n) is 9.06. The van der Waals surface area contributed by atoms with E-state index in [1.807, 2.05) is 29.2 Å². The van der Waals surface area contributed by atoms with Crippen LogP contribution in [0.15, 0.2) is 38.1 Å². The van der Waals surface area contributed by atoms with Gasteiger partial charge in [0.2, 0.25) is 15.9 Å². The number of aromatic nitrogens is 3. The zero-order valence-corrected chi connectivity index (χ0v) is 17.1. The topological polar surface area (TPSA) is 115 Å². The van der Waals surface area contributed by atoms with Crippen molar-refractivity contribution < 1.29 is 22.1 Å². The average molecular weight is 419 g/mol. The van der Waals surface area contributed by atoms with Crippen molar-refractivity contribution in [2.24, 2.45) is 0 Å². The van der Waals surface area contributed by atoms with Gasteiger partial charge in [-0.15, -0.1) is 5.10 Å². The van der Waals surface area contributed by atoms with E-state index < -0.39 is 10.0 Å². The molecule has 0 radical (unpaired) electrons. The van der Waals surface area contributed by atoms with Crippen LogP contribution in [0.2, 0.25) is 0 Å². The van der Waals surface area contributed by atoms with Crippen molar-refractivity contribution in [2.45, 2.75) is 18.7 Å². The fraction of sp³-hybridized carbons (Fsp3) is 0.389. The number of aryl methyl sites for hydroxylation is 2. The summed E-state index contributed by atoms with van der Waals surface area (Å²) in [4.78, 5) is 2.02. The molecule has 0 saturated carbocycles. The van der Waals surface area contributed by atoms with Gasteiger partial charge in [-0.05, 0) is 38.1 Å². The van der Waals surface area contributed by atoms with Gasteiger partial charge in [-0.2, -0.15) is 4.31 Å². The number of hydrogen-bond donors (Lipinski definition) is 0. The Bertz CT molecular complexity index is 1080. The van der Waals surface area contributed by atoms with Gasteiger partial charge in [0.25, 0.3) is 0 Å². The molecule has 0 N–H and O–H groups in total. The van der Waals surface area contributed by atoms with Crippen LogP contribution in [-0.4, -0.2) is 61.4 Å². The summed E-state index contributed by atoms with van der Waals surface area (Å²) in [5, 5.41) is 12.0. The van der Waals surface area contributed by atoms with Gasteiger partial charge in [0.1, 0.15) is 16.3 Å². The van der Waals surface area contributed by atoms with Crippen LogP contribution >= 0.6 is 0 Å². The number of rotatable bonds is 5. The summed E-state index contributed by atoms with van der Waals surface area (Å²) in [7, 11) is -2.06. The molecular formula is C18H21N5O5S. The van der Waals surface area contributed by atoms with Gasteiger partial charge in [-0.1, -0.05) is 10.3 Å². The maximum absolute atomic E-state index is 12.9. The molecule has 0 amide bonds. The smallest absolute Gasteiger partial charge is 0.318 e. The Balaban J connectivity index is 1.45. The minimum absolute atomic E-state index is 0.144. The summed E-state index contributed by atoms with van der Waals surface area (Å²) in [5.74, 6) is 1.43. The van der Waals surface area contributed by atoms with Gasteiger partial charge in [0.05, 0.1) is 7.11 Å². The molecule has 1 aromatic carbocycles. The molecule has 3 aromatic rings. The first kappa shape index (κ1) is 19.4. The van der Waals surface area contributed by atoms with Gasteiger partial charge < -0.3 is 18.6 Å². The minimum Gasteiger partial charge on any atom is -0.497 e. The maximum Gasteiger partial charge on any atom is 0.318 e. The van der Waals surface area contributed by atoms with Crippen LogP contribution in [0.4, 0.5) is 6.01 Å². The predicted molar refractivity (Wildman–Crippen MR) is 103 cm³/mol. The number of benzene rings is 1. The van der Waals surface area contributed by atoms with Crippen LogP contribution in [0.3, 0.4) is 0 Å². The van der Waals surface area contributed by atoms with Gasteiger partial charge >= 0.3 is 6.01 Å². The second kappa shape index (κ2) is 7.48. The number of sulfonamides is 1. The third-order valence-electron chi connectivity index (χ3n) is 4.83. The van der Waals surface area contributed by atoms with Crippen molar-refractivity contribution >= 4 is 16.0 Å². The number of piperazine rings is 1. The molecule has 0 unspecified atom stereocenters. The fourth-order valence-corrected chi connectivity index (χ4v) is 5.00. The Hall–Kier alpha value is -2.92. The first-order chi connectivity index (χ1) is 13.9. The van der Waals surface area contributed by atoms with E-state index in [9.17, 15) is 8.42 Å². The lowest BCUT2D eigenvalue weighted by molar-refractivity contribution is 0.369. The lowest BCUT2D eigenvalue weighted by atomic mass is 10.2. The minimum atomic E-state index is -3.66. The predicted octanol–water partition coefficient (Wildman–Crippen LogP) is 1.86. The van der Waals surface area contributed by atoms with Crippen molar-refractivity contribution in [1.82, 2.24) is 19.7 Å². The molecule has 0 bridgehead atoms. The molecule has 29 heavy (non-hydrogen) atoms. The molecule has 2 aromatic heterocycles. The van der Waals surface area contributed by atoms with Crippen LogP contribution in [0.25, 0.3) is 11.5 Å². The number of hydrogen-bond acceptors (Lipinski definition) is 9. The molecule has 1 saturated heterocycles. The van der Waals surface area contributed by atoms with Crippen LogP contribution in [0.5, 0.6) is 5.75 Å². The molecule has 154 valence electrons. The average Bonchev–Trinajstić information content (AvgIpc) is 3.35. The quantitative estimate of drug-likeness (QED) is 0.611. The van der Waals surface area contributed by atoms with Gasteiger partial charge in [0, 0.05) is 31.7 Å². The van der Waals surface area contributed by atoms with Crippen molar-refractivity contribution in [3.63, 3.8) is 0 Å². The third-order valence-corrected chi connectivity index (χ3v) is 6.97. The molecule has 1 aliphatic rings.